The van der Waals surface area contributed by atoms with Gasteiger partial charge in [-0.3, -0.25) is 0 Å². The fourth-order valence-corrected chi connectivity index (χ4v) is 2.59. The molecule has 3 aromatic heterocycles. The molecule has 0 saturated heterocycles. The molecule has 10 nitrogen and oxygen atoms in total. The molecule has 138 valence electrons. The van der Waals surface area contributed by atoms with E-state index in [0.29, 0.717) is 11.0 Å². The third-order valence-corrected chi connectivity index (χ3v) is 3.98. The van der Waals surface area contributed by atoms with Gasteiger partial charge in [-0.1, -0.05) is 12.1 Å². The topological polar surface area (TPSA) is 142 Å². The molecule has 0 bridgehead atoms. The lowest BCUT2D eigenvalue weighted by molar-refractivity contribution is 0.0489. The summed E-state index contributed by atoms with van der Waals surface area (Å²) in [6.07, 6.45) is 1.55. The Morgan fingerprint density at radius 3 is 2.89 bits per heavy atom. The predicted molar refractivity (Wildman–Crippen MR) is 97.1 cm³/mol. The first-order chi connectivity index (χ1) is 13.6. The number of aliphatic hydroxyl groups excluding tert-OH is 1. The largest absolute Gasteiger partial charge is 0.507 e. The molecule has 4 rings (SSSR count). The summed E-state index contributed by atoms with van der Waals surface area (Å²) < 4.78 is 6.44. The Bertz CT molecular complexity index is 1250. The summed E-state index contributed by atoms with van der Waals surface area (Å²) in [5.74, 6) is -1.04. The number of aromatic amines is 1. The fraction of sp³-hybridized carbons (Fsp3) is 0.111. The molecule has 0 aliphatic rings. The summed E-state index contributed by atoms with van der Waals surface area (Å²) in [7, 11) is 0. The average molecular weight is 375 g/mol. The number of carbonyl (C=O) groups is 1. The van der Waals surface area contributed by atoms with Gasteiger partial charge in [-0.15, -0.1) is 5.10 Å². The van der Waals surface area contributed by atoms with Gasteiger partial charge in [0.15, 0.2) is 18.2 Å². The van der Waals surface area contributed by atoms with Crippen LogP contribution in [-0.4, -0.2) is 47.2 Å². The highest BCUT2D eigenvalue weighted by Gasteiger charge is 2.19. The molecule has 28 heavy (non-hydrogen) atoms. The van der Waals surface area contributed by atoms with E-state index in [1.54, 1.807) is 31.3 Å². The second-order valence-electron chi connectivity index (χ2n) is 5.85. The fourth-order valence-electron chi connectivity index (χ4n) is 2.59. The van der Waals surface area contributed by atoms with Gasteiger partial charge in [0.05, 0.1) is 11.0 Å². The van der Waals surface area contributed by atoms with E-state index < -0.39 is 18.3 Å². The molecule has 0 aliphatic carbocycles. The number of H-pyrrole nitrogens is 1. The molecule has 0 saturated carbocycles. The molecule has 0 spiro atoms. The summed E-state index contributed by atoms with van der Waals surface area (Å²) in [5.41, 5.74) is 1.99. The van der Waals surface area contributed by atoms with Crippen LogP contribution in [-0.2, 0) is 4.74 Å². The highest BCUT2D eigenvalue weighted by atomic mass is 16.5. The van der Waals surface area contributed by atoms with Gasteiger partial charge in [0.2, 0.25) is 0 Å². The van der Waals surface area contributed by atoms with Gasteiger partial charge in [0.25, 0.3) is 11.6 Å². The third kappa shape index (κ3) is 3.01. The molecule has 4 aromatic rings. The Kier molecular flexibility index (Phi) is 4.17. The van der Waals surface area contributed by atoms with Crippen molar-refractivity contribution in [2.45, 2.75) is 6.92 Å². The number of allylic oxidation sites excluding steroid dienone is 1. The van der Waals surface area contributed by atoms with Crippen molar-refractivity contribution in [2.24, 2.45) is 0 Å². The van der Waals surface area contributed by atoms with E-state index >= 15 is 0 Å². The molecule has 0 radical (unpaired) electrons. The molecule has 0 amide bonds. The van der Waals surface area contributed by atoms with Crippen molar-refractivity contribution >= 4 is 28.4 Å². The summed E-state index contributed by atoms with van der Waals surface area (Å²) in [6.45, 7) is 1.26. The number of ether oxygens (including phenoxy) is 1. The minimum absolute atomic E-state index is 0.121. The number of nitrogens with zero attached hydrogens (tertiary/aromatic N) is 6. The van der Waals surface area contributed by atoms with Gasteiger partial charge in [0, 0.05) is 11.9 Å². The highest BCUT2D eigenvalue weighted by molar-refractivity contribution is 5.86. The molecule has 0 unspecified atom stereocenters. The molecule has 0 fully saturated rings. The van der Waals surface area contributed by atoms with Crippen LogP contribution in [0.15, 0.2) is 42.3 Å². The maximum absolute atomic E-state index is 12.2. The van der Waals surface area contributed by atoms with E-state index in [2.05, 4.69) is 25.0 Å². The van der Waals surface area contributed by atoms with Crippen LogP contribution in [0.3, 0.4) is 0 Å². The monoisotopic (exact) mass is 375 g/mol. The number of carbonyl (C=O) groups excluding carboxylic acids is 1. The van der Waals surface area contributed by atoms with Gasteiger partial charge >= 0.3 is 5.97 Å². The van der Waals surface area contributed by atoms with Crippen LogP contribution in [0.25, 0.3) is 22.4 Å². The lowest BCUT2D eigenvalue weighted by atomic mass is 10.2. The minimum Gasteiger partial charge on any atom is -0.507 e. The third-order valence-electron chi connectivity index (χ3n) is 3.98. The standard InChI is InChI=1S/C18H13N7O3/c1-10-6-7-20-18-23-16(24-25(10)18)17(27)28-9-14(26)11(8-19)15-21-12-4-2-3-5-13(12)22-15/h2-7,26H,9H2,1H3,(H,21,22). The summed E-state index contributed by atoms with van der Waals surface area (Å²) in [5, 5.41) is 23.6. The second kappa shape index (κ2) is 6.81. The first-order valence-electron chi connectivity index (χ1n) is 8.19. The average Bonchev–Trinajstić information content (AvgIpc) is 3.31. The Morgan fingerprint density at radius 2 is 2.14 bits per heavy atom. The van der Waals surface area contributed by atoms with Gasteiger partial charge in [-0.05, 0) is 25.1 Å². The molecule has 1 aromatic carbocycles. The number of aryl methyl sites for hydroxylation is 1. The number of rotatable bonds is 4. The van der Waals surface area contributed by atoms with Crippen LogP contribution in [0.4, 0.5) is 0 Å². The van der Waals surface area contributed by atoms with Crippen molar-refractivity contribution < 1.29 is 14.6 Å². The molecule has 2 N–H and O–H groups in total. The number of imidazole rings is 1. The van der Waals surface area contributed by atoms with Crippen molar-refractivity contribution in [3.05, 3.63) is 59.6 Å². The first-order valence-corrected chi connectivity index (χ1v) is 8.19. The van der Waals surface area contributed by atoms with E-state index in [9.17, 15) is 15.2 Å². The number of aromatic nitrogens is 6. The second-order valence-corrected chi connectivity index (χ2v) is 5.85. The maximum Gasteiger partial charge on any atom is 0.378 e. The number of fused-ring (bicyclic) bond motifs is 2. The Hall–Kier alpha value is -4.26. The first kappa shape index (κ1) is 17.2. The van der Waals surface area contributed by atoms with E-state index in [-0.39, 0.29) is 23.0 Å². The van der Waals surface area contributed by atoms with Crippen LogP contribution >= 0.6 is 0 Å². The van der Waals surface area contributed by atoms with Crippen molar-refractivity contribution in [1.29, 1.82) is 5.26 Å². The Morgan fingerprint density at radius 1 is 1.32 bits per heavy atom. The number of nitrogens with one attached hydrogen (secondary N) is 1. The summed E-state index contributed by atoms with van der Waals surface area (Å²) in [6, 6.07) is 10.8. The number of hydrogen-bond donors (Lipinski definition) is 2. The van der Waals surface area contributed by atoms with Crippen LogP contribution in [0.5, 0.6) is 0 Å². The van der Waals surface area contributed by atoms with Gasteiger partial charge in [-0.25, -0.2) is 19.3 Å². The zero-order chi connectivity index (χ0) is 19.7. The van der Waals surface area contributed by atoms with Crippen LogP contribution in [0, 0.1) is 18.3 Å². The summed E-state index contributed by atoms with van der Waals surface area (Å²) in [4.78, 5) is 27.4. The number of nitriles is 1. The number of para-hydroxylation sites is 2. The van der Waals surface area contributed by atoms with Crippen molar-refractivity contribution in [3.63, 3.8) is 0 Å². The van der Waals surface area contributed by atoms with E-state index in [0.717, 1.165) is 5.69 Å². The van der Waals surface area contributed by atoms with Crippen LogP contribution < -0.4 is 0 Å². The number of hydrogen-bond acceptors (Lipinski definition) is 8. The van der Waals surface area contributed by atoms with Gasteiger partial charge < -0.3 is 14.8 Å². The van der Waals surface area contributed by atoms with Gasteiger partial charge in [-0.2, -0.15) is 10.2 Å². The zero-order valence-electron chi connectivity index (χ0n) is 14.6. The lowest BCUT2D eigenvalue weighted by Gasteiger charge is -2.03. The lowest BCUT2D eigenvalue weighted by Crippen LogP contribution is -2.11. The molecule has 0 atom stereocenters. The number of esters is 1. The quantitative estimate of drug-likeness (QED) is 0.313. The van der Waals surface area contributed by atoms with Crippen LogP contribution in [0.1, 0.15) is 22.1 Å². The van der Waals surface area contributed by atoms with E-state index in [4.69, 9.17) is 4.74 Å². The molecular formula is C18H13N7O3. The van der Waals surface area contributed by atoms with Crippen molar-refractivity contribution in [2.75, 3.05) is 6.61 Å². The maximum atomic E-state index is 12.2. The van der Waals surface area contributed by atoms with Crippen molar-refractivity contribution in [3.8, 4) is 6.07 Å². The van der Waals surface area contributed by atoms with E-state index in [1.165, 1.54) is 4.52 Å². The molecule has 3 heterocycles. The van der Waals surface area contributed by atoms with Gasteiger partial charge in [0.1, 0.15) is 11.6 Å². The number of aliphatic hydroxyl groups is 1. The minimum atomic E-state index is -0.849. The van der Waals surface area contributed by atoms with Crippen molar-refractivity contribution in [1.82, 2.24) is 29.5 Å². The van der Waals surface area contributed by atoms with E-state index in [1.807, 2.05) is 18.2 Å². The summed E-state index contributed by atoms with van der Waals surface area (Å²) >= 11 is 0. The predicted octanol–water partition coefficient (Wildman–Crippen LogP) is 1.96. The molecule has 10 heteroatoms. The zero-order valence-corrected chi connectivity index (χ0v) is 14.6. The smallest absolute Gasteiger partial charge is 0.378 e. The SMILES string of the molecule is Cc1ccnc2nc(C(=O)OCC(O)=C(C#N)c3nc4ccccc4[nH]3)nn12. The number of benzene rings is 1. The molecule has 0 aliphatic heterocycles. The Balaban J connectivity index is 1.55. The Labute approximate surface area is 157 Å². The highest BCUT2D eigenvalue weighted by Crippen LogP contribution is 2.19. The van der Waals surface area contributed by atoms with Crippen LogP contribution in [0.2, 0.25) is 0 Å². The normalized spacial score (nSPS) is 12.0. The molecular weight excluding hydrogens is 362 g/mol.